The van der Waals surface area contributed by atoms with Crippen molar-refractivity contribution in [3.8, 4) is 0 Å². The molecular weight excluding hydrogens is 244 g/mol. The number of anilines is 1. The predicted molar refractivity (Wildman–Crippen MR) is 74.9 cm³/mol. The first-order valence-corrected chi connectivity index (χ1v) is 6.06. The molecule has 1 aromatic rings. The number of carbonyl (C=O) groups is 2. The third-order valence-electron chi connectivity index (χ3n) is 2.63. The van der Waals surface area contributed by atoms with E-state index in [0.717, 1.165) is 24.3 Å². The molecule has 1 rings (SSSR count). The Morgan fingerprint density at radius 2 is 1.84 bits per heavy atom. The summed E-state index contributed by atoms with van der Waals surface area (Å²) in [5.74, 6) is -2.00. The lowest BCUT2D eigenvalue weighted by molar-refractivity contribution is -0.137. The number of benzene rings is 1. The zero-order chi connectivity index (χ0) is 14.3. The van der Waals surface area contributed by atoms with E-state index in [1.165, 1.54) is 6.21 Å². The lowest BCUT2D eigenvalue weighted by Crippen LogP contribution is -2.32. The van der Waals surface area contributed by atoms with Crippen LogP contribution in [0.1, 0.15) is 19.4 Å². The second-order valence-corrected chi connectivity index (χ2v) is 3.83. The molecule has 3 N–H and O–H groups in total. The monoisotopic (exact) mass is 262 g/mol. The number of amides is 2. The van der Waals surface area contributed by atoms with Crippen molar-refractivity contribution in [2.75, 3.05) is 18.0 Å². The van der Waals surface area contributed by atoms with Crippen molar-refractivity contribution in [1.29, 1.82) is 0 Å². The molecule has 0 aliphatic rings. The van der Waals surface area contributed by atoms with Gasteiger partial charge in [0.2, 0.25) is 0 Å². The highest BCUT2D eigenvalue weighted by atomic mass is 16.2. The van der Waals surface area contributed by atoms with Crippen LogP contribution in [0.5, 0.6) is 0 Å². The summed E-state index contributed by atoms with van der Waals surface area (Å²) in [5, 5.41) is 3.64. The van der Waals surface area contributed by atoms with Gasteiger partial charge in [0.05, 0.1) is 6.21 Å². The third kappa shape index (κ3) is 4.42. The number of hydrogen-bond acceptors (Lipinski definition) is 4. The van der Waals surface area contributed by atoms with E-state index < -0.39 is 11.8 Å². The maximum atomic E-state index is 10.8. The standard InChI is InChI=1S/C13H18N4O2/c1-3-17(4-2)11-7-5-10(6-8-11)9-15-16-13(19)12(14)18/h5-9H,3-4H2,1-2H3,(H2,14,18)(H,16,19)/b15-9+. The fourth-order valence-corrected chi connectivity index (χ4v) is 1.58. The van der Waals surface area contributed by atoms with E-state index in [9.17, 15) is 9.59 Å². The summed E-state index contributed by atoms with van der Waals surface area (Å²) in [5.41, 5.74) is 8.75. The van der Waals surface area contributed by atoms with Crippen molar-refractivity contribution in [1.82, 2.24) is 5.43 Å². The minimum Gasteiger partial charge on any atom is -0.372 e. The van der Waals surface area contributed by atoms with Gasteiger partial charge in [-0.3, -0.25) is 9.59 Å². The number of hydrogen-bond donors (Lipinski definition) is 2. The van der Waals surface area contributed by atoms with Crippen molar-refractivity contribution >= 4 is 23.7 Å². The van der Waals surface area contributed by atoms with Crippen LogP contribution in [0, 0.1) is 0 Å². The normalized spacial score (nSPS) is 10.4. The van der Waals surface area contributed by atoms with E-state index in [-0.39, 0.29) is 0 Å². The average Bonchev–Trinajstić information content (AvgIpc) is 2.41. The molecule has 0 heterocycles. The Kier molecular flexibility index (Phi) is 5.53. The molecule has 1 aromatic carbocycles. The van der Waals surface area contributed by atoms with Crippen molar-refractivity contribution < 1.29 is 9.59 Å². The van der Waals surface area contributed by atoms with Crippen LogP contribution >= 0.6 is 0 Å². The molecule has 2 amide bonds. The Balaban J connectivity index is 2.64. The van der Waals surface area contributed by atoms with Crippen LogP contribution in [0.15, 0.2) is 29.4 Å². The molecule has 0 aromatic heterocycles. The van der Waals surface area contributed by atoms with E-state index in [1.807, 2.05) is 29.7 Å². The van der Waals surface area contributed by atoms with E-state index in [0.29, 0.717) is 0 Å². The highest BCUT2D eigenvalue weighted by Crippen LogP contribution is 2.13. The molecule has 0 saturated heterocycles. The molecule has 0 aliphatic carbocycles. The first-order valence-electron chi connectivity index (χ1n) is 6.06. The van der Waals surface area contributed by atoms with Crippen LogP contribution in [-0.2, 0) is 9.59 Å². The Morgan fingerprint density at radius 1 is 1.26 bits per heavy atom. The summed E-state index contributed by atoms with van der Waals surface area (Å²) < 4.78 is 0. The zero-order valence-corrected chi connectivity index (χ0v) is 11.1. The van der Waals surface area contributed by atoms with Gasteiger partial charge >= 0.3 is 11.8 Å². The van der Waals surface area contributed by atoms with Gasteiger partial charge in [-0.15, -0.1) is 0 Å². The van der Waals surface area contributed by atoms with Crippen molar-refractivity contribution in [2.24, 2.45) is 10.8 Å². The SMILES string of the molecule is CCN(CC)c1ccc(/C=N/NC(=O)C(N)=O)cc1. The summed E-state index contributed by atoms with van der Waals surface area (Å²) >= 11 is 0. The summed E-state index contributed by atoms with van der Waals surface area (Å²) in [4.78, 5) is 23.5. The average molecular weight is 262 g/mol. The number of hydrazone groups is 1. The van der Waals surface area contributed by atoms with Gasteiger partial charge in [0, 0.05) is 18.8 Å². The molecular formula is C13H18N4O2. The number of carbonyl (C=O) groups excluding carboxylic acids is 2. The molecule has 0 fully saturated rings. The molecule has 0 unspecified atom stereocenters. The molecule has 0 spiro atoms. The minimum absolute atomic E-state index is 0.820. The quantitative estimate of drug-likeness (QED) is 0.459. The number of nitrogens with zero attached hydrogens (tertiary/aromatic N) is 2. The molecule has 102 valence electrons. The Labute approximate surface area is 112 Å². The summed E-state index contributed by atoms with van der Waals surface area (Å²) in [6.45, 7) is 6.08. The van der Waals surface area contributed by atoms with Crippen LogP contribution in [0.25, 0.3) is 0 Å². The van der Waals surface area contributed by atoms with Gasteiger partial charge in [-0.1, -0.05) is 12.1 Å². The molecule has 0 radical (unpaired) electrons. The first-order chi connectivity index (χ1) is 9.08. The fourth-order valence-electron chi connectivity index (χ4n) is 1.58. The Bertz CT molecular complexity index is 464. The fraction of sp³-hybridized carbons (Fsp3) is 0.308. The number of primary amides is 1. The van der Waals surface area contributed by atoms with E-state index >= 15 is 0 Å². The smallest absolute Gasteiger partial charge is 0.329 e. The van der Waals surface area contributed by atoms with E-state index in [4.69, 9.17) is 5.73 Å². The topological polar surface area (TPSA) is 87.8 Å². The highest BCUT2D eigenvalue weighted by molar-refractivity contribution is 6.34. The number of rotatable bonds is 5. The lowest BCUT2D eigenvalue weighted by Gasteiger charge is -2.20. The summed E-state index contributed by atoms with van der Waals surface area (Å²) in [6, 6.07) is 7.72. The zero-order valence-electron chi connectivity index (χ0n) is 11.1. The molecule has 19 heavy (non-hydrogen) atoms. The molecule has 6 heteroatoms. The second-order valence-electron chi connectivity index (χ2n) is 3.83. The molecule has 0 atom stereocenters. The predicted octanol–water partition coefficient (Wildman–Crippen LogP) is 0.468. The van der Waals surface area contributed by atoms with Gasteiger partial charge in [-0.25, -0.2) is 5.43 Å². The van der Waals surface area contributed by atoms with Crippen LogP contribution < -0.4 is 16.1 Å². The minimum atomic E-state index is -1.06. The van der Waals surface area contributed by atoms with Crippen LogP contribution in [0.3, 0.4) is 0 Å². The van der Waals surface area contributed by atoms with Crippen molar-refractivity contribution in [3.05, 3.63) is 29.8 Å². The van der Waals surface area contributed by atoms with Crippen molar-refractivity contribution in [2.45, 2.75) is 13.8 Å². The maximum Gasteiger partial charge on any atom is 0.329 e. The molecule has 6 nitrogen and oxygen atoms in total. The van der Waals surface area contributed by atoms with E-state index in [2.05, 4.69) is 23.8 Å². The largest absolute Gasteiger partial charge is 0.372 e. The second kappa shape index (κ2) is 7.15. The summed E-state index contributed by atoms with van der Waals surface area (Å²) in [6.07, 6.45) is 1.45. The Morgan fingerprint density at radius 3 is 2.32 bits per heavy atom. The van der Waals surface area contributed by atoms with Gasteiger partial charge in [0.15, 0.2) is 0 Å². The third-order valence-corrected chi connectivity index (χ3v) is 2.63. The van der Waals surface area contributed by atoms with E-state index in [1.54, 1.807) is 0 Å². The van der Waals surface area contributed by atoms with Crippen molar-refractivity contribution in [3.63, 3.8) is 0 Å². The van der Waals surface area contributed by atoms with Crippen LogP contribution in [0.4, 0.5) is 5.69 Å². The van der Waals surface area contributed by atoms with Crippen LogP contribution in [0.2, 0.25) is 0 Å². The van der Waals surface area contributed by atoms with Gasteiger partial charge < -0.3 is 10.6 Å². The Hall–Kier alpha value is -2.37. The van der Waals surface area contributed by atoms with Crippen LogP contribution in [-0.4, -0.2) is 31.1 Å². The van der Waals surface area contributed by atoms with Gasteiger partial charge in [-0.2, -0.15) is 5.10 Å². The van der Waals surface area contributed by atoms with Gasteiger partial charge in [0.25, 0.3) is 0 Å². The highest BCUT2D eigenvalue weighted by Gasteiger charge is 2.05. The molecule has 0 aliphatic heterocycles. The molecule has 0 saturated carbocycles. The number of nitrogens with two attached hydrogens (primary N) is 1. The number of nitrogens with one attached hydrogen (secondary N) is 1. The maximum absolute atomic E-state index is 10.8. The van der Waals surface area contributed by atoms with Gasteiger partial charge in [-0.05, 0) is 31.5 Å². The lowest BCUT2D eigenvalue weighted by atomic mass is 10.2. The molecule has 0 bridgehead atoms. The first kappa shape index (κ1) is 14.7. The summed E-state index contributed by atoms with van der Waals surface area (Å²) in [7, 11) is 0. The van der Waals surface area contributed by atoms with Gasteiger partial charge in [0.1, 0.15) is 0 Å².